The van der Waals surface area contributed by atoms with Crippen molar-refractivity contribution >= 4 is 34.3 Å². The Morgan fingerprint density at radius 1 is 0.886 bits per heavy atom. The first-order valence-corrected chi connectivity index (χ1v) is 11.7. The lowest BCUT2D eigenvalue weighted by Gasteiger charge is -2.14. The Bertz CT molecular complexity index is 1290. The number of hydrogen-bond acceptors (Lipinski definition) is 7. The van der Waals surface area contributed by atoms with Crippen molar-refractivity contribution in [3.63, 3.8) is 0 Å². The lowest BCUT2D eigenvalue weighted by molar-refractivity contribution is 0.102. The Balaban J connectivity index is 1.42. The minimum Gasteiger partial charge on any atom is -0.493 e. The number of benzene rings is 3. The molecular formula is C27H27N3O4S. The molecular weight excluding hydrogens is 462 g/mol. The van der Waals surface area contributed by atoms with Gasteiger partial charge in [-0.25, -0.2) is 0 Å². The molecule has 0 atom stereocenters. The molecule has 180 valence electrons. The van der Waals surface area contributed by atoms with Gasteiger partial charge in [-0.1, -0.05) is 24.3 Å². The maximum absolute atomic E-state index is 12.6. The molecule has 0 fully saturated rings. The van der Waals surface area contributed by atoms with E-state index in [-0.39, 0.29) is 5.91 Å². The highest BCUT2D eigenvalue weighted by atomic mass is 32.1. The van der Waals surface area contributed by atoms with Crippen LogP contribution in [0.2, 0.25) is 0 Å². The smallest absolute Gasteiger partial charge is 0.255 e. The number of hydrogen-bond donors (Lipinski definition) is 3. The summed E-state index contributed by atoms with van der Waals surface area (Å²) in [6, 6.07) is 22.7. The van der Waals surface area contributed by atoms with E-state index in [0.717, 1.165) is 21.0 Å². The Morgan fingerprint density at radius 2 is 1.57 bits per heavy atom. The maximum Gasteiger partial charge on any atom is 0.255 e. The zero-order valence-electron chi connectivity index (χ0n) is 19.8. The van der Waals surface area contributed by atoms with Gasteiger partial charge in [0.1, 0.15) is 0 Å². The highest BCUT2D eigenvalue weighted by Gasteiger charge is 2.14. The first-order valence-electron chi connectivity index (χ1n) is 10.9. The molecule has 4 aromatic rings. The van der Waals surface area contributed by atoms with Gasteiger partial charge in [-0.3, -0.25) is 4.79 Å². The Kier molecular flexibility index (Phi) is 7.42. The van der Waals surface area contributed by atoms with Gasteiger partial charge in [-0.05, 0) is 42.0 Å². The first kappa shape index (κ1) is 24.0. The normalized spacial score (nSPS) is 10.5. The average Bonchev–Trinajstić information content (AvgIpc) is 3.37. The number of thiophene rings is 1. The number of ether oxygens (including phenoxy) is 3. The Hall–Kier alpha value is -4.17. The summed E-state index contributed by atoms with van der Waals surface area (Å²) in [4.78, 5) is 14.9. The third kappa shape index (κ3) is 5.50. The van der Waals surface area contributed by atoms with Gasteiger partial charge in [-0.2, -0.15) is 0 Å². The number of anilines is 3. The monoisotopic (exact) mass is 489 g/mol. The van der Waals surface area contributed by atoms with Crippen LogP contribution in [0.5, 0.6) is 17.2 Å². The number of para-hydroxylation sites is 2. The summed E-state index contributed by atoms with van der Waals surface area (Å²) in [5.41, 5.74) is 9.53. The summed E-state index contributed by atoms with van der Waals surface area (Å²) in [6.07, 6.45) is 0. The summed E-state index contributed by atoms with van der Waals surface area (Å²) in [5.74, 6) is 1.56. The van der Waals surface area contributed by atoms with Crippen LogP contribution in [0.15, 0.2) is 72.8 Å². The van der Waals surface area contributed by atoms with Gasteiger partial charge in [0.15, 0.2) is 11.5 Å². The van der Waals surface area contributed by atoms with Gasteiger partial charge >= 0.3 is 0 Å². The fourth-order valence-corrected chi connectivity index (χ4v) is 4.54. The van der Waals surface area contributed by atoms with E-state index >= 15 is 0 Å². The van der Waals surface area contributed by atoms with Crippen molar-refractivity contribution in [2.45, 2.75) is 6.54 Å². The Labute approximate surface area is 208 Å². The number of carbonyl (C=O) groups excluding carboxylic acids is 1. The van der Waals surface area contributed by atoms with Crippen molar-refractivity contribution in [2.24, 2.45) is 0 Å². The maximum atomic E-state index is 12.6. The van der Waals surface area contributed by atoms with E-state index < -0.39 is 0 Å². The molecule has 1 heterocycles. The largest absolute Gasteiger partial charge is 0.493 e. The van der Waals surface area contributed by atoms with Crippen LogP contribution < -0.4 is 30.6 Å². The van der Waals surface area contributed by atoms with Crippen molar-refractivity contribution < 1.29 is 19.0 Å². The minimum atomic E-state index is -0.198. The molecule has 1 amide bonds. The van der Waals surface area contributed by atoms with Crippen LogP contribution in [0.1, 0.15) is 15.2 Å². The second-order valence-corrected chi connectivity index (χ2v) is 8.82. The summed E-state index contributed by atoms with van der Waals surface area (Å²) in [7, 11) is 4.77. The Morgan fingerprint density at radius 3 is 2.20 bits per heavy atom. The van der Waals surface area contributed by atoms with Gasteiger partial charge in [0.25, 0.3) is 5.91 Å². The summed E-state index contributed by atoms with van der Waals surface area (Å²) in [5, 5.41) is 6.26. The van der Waals surface area contributed by atoms with Gasteiger partial charge in [0.05, 0.1) is 32.7 Å². The summed E-state index contributed by atoms with van der Waals surface area (Å²) >= 11 is 1.68. The summed E-state index contributed by atoms with van der Waals surface area (Å²) in [6.45, 7) is 0.641. The molecule has 0 saturated heterocycles. The van der Waals surface area contributed by atoms with E-state index in [2.05, 4.69) is 22.8 Å². The first-order chi connectivity index (χ1) is 17.0. The second-order valence-electron chi connectivity index (χ2n) is 7.65. The standard InChI is InChI=1S/C27H27N3O4S/c1-32-23-14-19(15-24(33-2)26(23)34-3)29-16-20-12-13-25(35-20)17-8-10-18(11-9-17)27(31)30-22-7-5-4-6-21(22)28/h4-15,29H,16,28H2,1-3H3,(H,30,31). The SMILES string of the molecule is COc1cc(NCc2ccc(-c3ccc(C(=O)Nc4ccccc4N)cc3)s2)cc(OC)c1OC. The van der Waals surface area contributed by atoms with Crippen LogP contribution in [0.4, 0.5) is 17.1 Å². The van der Waals surface area contributed by atoms with Crippen molar-refractivity contribution in [3.8, 4) is 27.7 Å². The number of rotatable bonds is 9. The van der Waals surface area contributed by atoms with Crippen molar-refractivity contribution in [2.75, 3.05) is 37.7 Å². The molecule has 0 saturated carbocycles. The van der Waals surface area contributed by atoms with E-state index in [1.54, 1.807) is 44.8 Å². The van der Waals surface area contributed by atoms with Crippen molar-refractivity contribution in [1.82, 2.24) is 0 Å². The fraction of sp³-hybridized carbons (Fsp3) is 0.148. The number of nitrogen functional groups attached to an aromatic ring is 1. The highest BCUT2D eigenvalue weighted by molar-refractivity contribution is 7.15. The van der Waals surface area contributed by atoms with E-state index in [1.165, 1.54) is 0 Å². The van der Waals surface area contributed by atoms with Crippen molar-refractivity contribution in [3.05, 3.63) is 83.2 Å². The van der Waals surface area contributed by atoms with Gasteiger partial charge in [0.2, 0.25) is 5.75 Å². The zero-order chi connectivity index (χ0) is 24.8. The third-order valence-corrected chi connectivity index (χ3v) is 6.57. The second kappa shape index (κ2) is 10.8. The number of nitrogens with two attached hydrogens (primary N) is 1. The quantitative estimate of drug-likeness (QED) is 0.254. The molecule has 35 heavy (non-hydrogen) atoms. The average molecular weight is 490 g/mol. The molecule has 0 aliphatic carbocycles. The van der Waals surface area contributed by atoms with Crippen LogP contribution >= 0.6 is 11.3 Å². The highest BCUT2D eigenvalue weighted by Crippen LogP contribution is 2.40. The molecule has 0 aliphatic rings. The number of methoxy groups -OCH3 is 3. The van der Waals surface area contributed by atoms with Crippen LogP contribution in [-0.2, 0) is 6.54 Å². The number of amides is 1. The van der Waals surface area contributed by atoms with E-state index in [1.807, 2.05) is 48.5 Å². The van der Waals surface area contributed by atoms with Gasteiger partial charge in [-0.15, -0.1) is 11.3 Å². The third-order valence-electron chi connectivity index (χ3n) is 5.43. The van der Waals surface area contributed by atoms with E-state index in [4.69, 9.17) is 19.9 Å². The minimum absolute atomic E-state index is 0.198. The molecule has 0 spiro atoms. The predicted molar refractivity (Wildman–Crippen MR) is 142 cm³/mol. The van der Waals surface area contributed by atoms with E-state index in [0.29, 0.717) is 40.7 Å². The molecule has 0 aliphatic heterocycles. The number of carbonyl (C=O) groups is 1. The molecule has 1 aromatic heterocycles. The molecule has 3 aromatic carbocycles. The van der Waals surface area contributed by atoms with Crippen LogP contribution in [-0.4, -0.2) is 27.2 Å². The predicted octanol–water partition coefficient (Wildman–Crippen LogP) is 5.89. The van der Waals surface area contributed by atoms with Crippen molar-refractivity contribution in [1.29, 1.82) is 0 Å². The molecule has 8 heteroatoms. The molecule has 4 rings (SSSR count). The van der Waals surface area contributed by atoms with Crippen LogP contribution in [0.3, 0.4) is 0 Å². The molecule has 0 unspecified atom stereocenters. The van der Waals surface area contributed by atoms with Crippen LogP contribution in [0, 0.1) is 0 Å². The molecule has 0 bridgehead atoms. The van der Waals surface area contributed by atoms with Gasteiger partial charge < -0.3 is 30.6 Å². The fourth-order valence-electron chi connectivity index (χ4n) is 3.59. The number of nitrogens with one attached hydrogen (secondary N) is 2. The molecule has 0 radical (unpaired) electrons. The zero-order valence-corrected chi connectivity index (χ0v) is 20.6. The molecule has 4 N–H and O–H groups in total. The summed E-state index contributed by atoms with van der Waals surface area (Å²) < 4.78 is 16.2. The van der Waals surface area contributed by atoms with E-state index in [9.17, 15) is 4.79 Å². The lowest BCUT2D eigenvalue weighted by atomic mass is 10.1. The lowest BCUT2D eigenvalue weighted by Crippen LogP contribution is -2.12. The molecule has 7 nitrogen and oxygen atoms in total. The topological polar surface area (TPSA) is 94.8 Å². The van der Waals surface area contributed by atoms with Gasteiger partial charge in [0, 0.05) is 39.7 Å². The van der Waals surface area contributed by atoms with Crippen LogP contribution in [0.25, 0.3) is 10.4 Å².